The summed E-state index contributed by atoms with van der Waals surface area (Å²) in [5.74, 6) is 0.0464. The molecule has 3 aromatic rings. The number of aryl methyl sites for hydroxylation is 1. The lowest BCUT2D eigenvalue weighted by Crippen LogP contribution is -2.51. The van der Waals surface area contributed by atoms with Gasteiger partial charge >= 0.3 is 0 Å². The number of hydrogen-bond donors (Lipinski definition) is 1. The molecule has 2 amide bonds. The number of rotatable bonds is 9. The third-order valence-corrected chi connectivity index (χ3v) is 5.38. The zero-order chi connectivity index (χ0) is 22.9. The molecule has 0 unspecified atom stereocenters. The van der Waals surface area contributed by atoms with Gasteiger partial charge in [-0.2, -0.15) is 0 Å². The third-order valence-electron chi connectivity index (χ3n) is 5.13. The number of likely N-dealkylation sites (N-methyl/N-ethyl adjacent to an activating group) is 1. The Labute approximate surface area is 194 Å². The molecule has 0 aliphatic carbocycles. The maximum absolute atomic E-state index is 13.3. The summed E-state index contributed by atoms with van der Waals surface area (Å²) in [7, 11) is 1.58. The van der Waals surface area contributed by atoms with Gasteiger partial charge in [-0.25, -0.2) is 0 Å². The number of benzene rings is 3. The second-order valence-electron chi connectivity index (χ2n) is 7.57. The van der Waals surface area contributed by atoms with Crippen LogP contribution in [0.1, 0.15) is 16.7 Å². The van der Waals surface area contributed by atoms with Gasteiger partial charge in [0.15, 0.2) is 6.61 Å². The van der Waals surface area contributed by atoms with E-state index in [2.05, 4.69) is 5.32 Å². The number of carbonyl (C=O) groups is 2. The number of hydrogen-bond acceptors (Lipinski definition) is 3. The minimum Gasteiger partial charge on any atom is -0.484 e. The van der Waals surface area contributed by atoms with Gasteiger partial charge in [0.25, 0.3) is 5.91 Å². The molecule has 0 fully saturated rings. The molecule has 5 nitrogen and oxygen atoms in total. The summed E-state index contributed by atoms with van der Waals surface area (Å²) in [6, 6.07) is 23.7. The Morgan fingerprint density at radius 1 is 0.969 bits per heavy atom. The van der Waals surface area contributed by atoms with Crippen LogP contribution in [0.2, 0.25) is 5.02 Å². The number of amides is 2. The van der Waals surface area contributed by atoms with Crippen LogP contribution in [-0.4, -0.2) is 36.4 Å². The molecular formula is C26H27ClN2O3. The quantitative estimate of drug-likeness (QED) is 0.525. The van der Waals surface area contributed by atoms with E-state index < -0.39 is 6.04 Å². The molecule has 1 N–H and O–H groups in total. The van der Waals surface area contributed by atoms with Gasteiger partial charge in [-0.3, -0.25) is 9.59 Å². The molecular weight excluding hydrogens is 424 g/mol. The van der Waals surface area contributed by atoms with E-state index in [1.807, 2.05) is 61.5 Å². The van der Waals surface area contributed by atoms with E-state index in [1.165, 1.54) is 0 Å². The molecule has 0 bridgehead atoms. The summed E-state index contributed by atoms with van der Waals surface area (Å²) >= 11 is 5.92. The van der Waals surface area contributed by atoms with Crippen molar-refractivity contribution in [3.05, 3.63) is 101 Å². The molecule has 0 heterocycles. The Kier molecular flexibility index (Phi) is 8.28. The van der Waals surface area contributed by atoms with Crippen LogP contribution in [0.25, 0.3) is 0 Å². The Morgan fingerprint density at radius 3 is 2.31 bits per heavy atom. The Hall–Kier alpha value is -3.31. The molecule has 0 aliphatic heterocycles. The normalized spacial score (nSPS) is 11.5. The van der Waals surface area contributed by atoms with Crippen molar-refractivity contribution in [2.24, 2.45) is 0 Å². The highest BCUT2D eigenvalue weighted by Gasteiger charge is 2.30. The zero-order valence-corrected chi connectivity index (χ0v) is 19.0. The minimum absolute atomic E-state index is 0.185. The maximum Gasteiger partial charge on any atom is 0.261 e. The molecule has 166 valence electrons. The third kappa shape index (κ3) is 6.59. The lowest BCUT2D eigenvalue weighted by atomic mass is 10.0. The van der Waals surface area contributed by atoms with Gasteiger partial charge in [-0.1, -0.05) is 71.8 Å². The molecule has 0 spiro atoms. The highest BCUT2D eigenvalue weighted by molar-refractivity contribution is 6.30. The fraction of sp³-hybridized carbons (Fsp3) is 0.231. The van der Waals surface area contributed by atoms with E-state index in [0.29, 0.717) is 23.7 Å². The number of nitrogens with one attached hydrogen (secondary N) is 1. The first-order chi connectivity index (χ1) is 15.5. The second-order valence-corrected chi connectivity index (χ2v) is 8.01. The van der Waals surface area contributed by atoms with Crippen LogP contribution in [-0.2, 0) is 22.6 Å². The van der Waals surface area contributed by atoms with Crippen molar-refractivity contribution in [2.45, 2.75) is 25.9 Å². The molecule has 0 saturated heterocycles. The number of halogens is 1. The highest BCUT2D eigenvalue weighted by Crippen LogP contribution is 2.18. The van der Waals surface area contributed by atoms with Gasteiger partial charge in [-0.05, 0) is 42.3 Å². The summed E-state index contributed by atoms with van der Waals surface area (Å²) in [6.45, 7) is 2.12. The van der Waals surface area contributed by atoms with Crippen LogP contribution >= 0.6 is 11.6 Å². The average molecular weight is 451 g/mol. The summed E-state index contributed by atoms with van der Waals surface area (Å²) < 4.78 is 5.70. The van der Waals surface area contributed by atoms with E-state index in [9.17, 15) is 9.59 Å². The maximum atomic E-state index is 13.3. The predicted molar refractivity (Wildman–Crippen MR) is 127 cm³/mol. The zero-order valence-electron chi connectivity index (χ0n) is 18.3. The molecule has 0 aliphatic rings. The van der Waals surface area contributed by atoms with E-state index >= 15 is 0 Å². The SMILES string of the molecule is CNC(=O)[C@H](Cc1ccccc1)N(Cc1cccc(C)c1)C(=O)COc1ccc(Cl)cc1. The van der Waals surface area contributed by atoms with E-state index in [-0.39, 0.29) is 18.4 Å². The first kappa shape index (κ1) is 23.4. The van der Waals surface area contributed by atoms with Crippen LogP contribution in [0.5, 0.6) is 5.75 Å². The van der Waals surface area contributed by atoms with E-state index in [4.69, 9.17) is 16.3 Å². The summed E-state index contributed by atoms with van der Waals surface area (Å²) in [6.07, 6.45) is 0.402. The topological polar surface area (TPSA) is 58.6 Å². The molecule has 3 rings (SSSR count). The summed E-state index contributed by atoms with van der Waals surface area (Å²) in [4.78, 5) is 27.8. The smallest absolute Gasteiger partial charge is 0.261 e. The van der Waals surface area contributed by atoms with Crippen molar-refractivity contribution in [3.8, 4) is 5.75 Å². The molecule has 0 saturated carbocycles. The lowest BCUT2D eigenvalue weighted by molar-refractivity contribution is -0.142. The Bertz CT molecular complexity index is 1040. The number of carbonyl (C=O) groups excluding carboxylic acids is 2. The number of ether oxygens (including phenoxy) is 1. The standard InChI is InChI=1S/C26H27ClN2O3/c1-19-7-6-10-21(15-19)17-29(25(30)18-32-23-13-11-22(27)12-14-23)24(26(31)28-2)16-20-8-4-3-5-9-20/h3-15,24H,16-18H2,1-2H3,(H,28,31)/t24-/m0/s1. The Balaban J connectivity index is 1.86. The van der Waals surface area contributed by atoms with Gasteiger partial charge in [0.1, 0.15) is 11.8 Å². The van der Waals surface area contributed by atoms with Crippen molar-refractivity contribution in [2.75, 3.05) is 13.7 Å². The van der Waals surface area contributed by atoms with Crippen molar-refractivity contribution >= 4 is 23.4 Å². The lowest BCUT2D eigenvalue weighted by Gasteiger charge is -2.31. The molecule has 3 aromatic carbocycles. The van der Waals surface area contributed by atoms with Crippen LogP contribution in [0, 0.1) is 6.92 Å². The van der Waals surface area contributed by atoms with Gasteiger partial charge < -0.3 is 15.0 Å². The molecule has 6 heteroatoms. The first-order valence-electron chi connectivity index (χ1n) is 10.4. The van der Waals surface area contributed by atoms with Crippen molar-refractivity contribution in [1.29, 1.82) is 0 Å². The van der Waals surface area contributed by atoms with Crippen LogP contribution < -0.4 is 10.1 Å². The molecule has 0 radical (unpaired) electrons. The van der Waals surface area contributed by atoms with Gasteiger partial charge in [0.05, 0.1) is 0 Å². The monoisotopic (exact) mass is 450 g/mol. The van der Waals surface area contributed by atoms with Crippen LogP contribution in [0.4, 0.5) is 0 Å². The average Bonchev–Trinajstić information content (AvgIpc) is 2.81. The molecule has 0 aromatic heterocycles. The molecule has 32 heavy (non-hydrogen) atoms. The Morgan fingerprint density at radius 2 is 1.66 bits per heavy atom. The van der Waals surface area contributed by atoms with Crippen molar-refractivity contribution in [3.63, 3.8) is 0 Å². The number of nitrogens with zero attached hydrogens (tertiary/aromatic N) is 1. The largest absolute Gasteiger partial charge is 0.484 e. The van der Waals surface area contributed by atoms with Gasteiger partial charge in [0.2, 0.25) is 5.91 Å². The van der Waals surface area contributed by atoms with Gasteiger partial charge in [-0.15, -0.1) is 0 Å². The van der Waals surface area contributed by atoms with Crippen molar-refractivity contribution in [1.82, 2.24) is 10.2 Å². The summed E-state index contributed by atoms with van der Waals surface area (Å²) in [5, 5.41) is 3.30. The fourth-order valence-corrected chi connectivity index (χ4v) is 3.61. The first-order valence-corrected chi connectivity index (χ1v) is 10.8. The van der Waals surface area contributed by atoms with E-state index in [1.54, 1.807) is 36.2 Å². The van der Waals surface area contributed by atoms with Crippen LogP contribution in [0.15, 0.2) is 78.9 Å². The summed E-state index contributed by atoms with van der Waals surface area (Å²) in [5.41, 5.74) is 3.01. The van der Waals surface area contributed by atoms with Gasteiger partial charge in [0, 0.05) is 25.0 Å². The van der Waals surface area contributed by atoms with E-state index in [0.717, 1.165) is 16.7 Å². The minimum atomic E-state index is -0.677. The fourth-order valence-electron chi connectivity index (χ4n) is 3.49. The second kappa shape index (κ2) is 11.3. The van der Waals surface area contributed by atoms with Crippen LogP contribution in [0.3, 0.4) is 0 Å². The molecule has 1 atom stereocenters. The predicted octanol–water partition coefficient (Wildman–Crippen LogP) is 4.41. The highest BCUT2D eigenvalue weighted by atomic mass is 35.5. The van der Waals surface area contributed by atoms with Crippen molar-refractivity contribution < 1.29 is 14.3 Å².